The van der Waals surface area contributed by atoms with Crippen molar-refractivity contribution in [2.75, 3.05) is 13.7 Å². The van der Waals surface area contributed by atoms with E-state index in [9.17, 15) is 4.79 Å². The molecule has 0 fully saturated rings. The molecular formula is C18H19N5O2. The van der Waals surface area contributed by atoms with Crippen molar-refractivity contribution in [3.8, 4) is 17.0 Å². The van der Waals surface area contributed by atoms with Crippen LogP contribution in [0.15, 0.2) is 42.7 Å². The molecule has 3 aromatic rings. The minimum atomic E-state index is -0.0137. The van der Waals surface area contributed by atoms with Crippen LogP contribution in [-0.4, -0.2) is 43.8 Å². The van der Waals surface area contributed by atoms with Crippen molar-refractivity contribution < 1.29 is 9.53 Å². The summed E-state index contributed by atoms with van der Waals surface area (Å²) in [7, 11) is 3.43. The van der Waals surface area contributed by atoms with Gasteiger partial charge in [0, 0.05) is 31.9 Å². The number of aromatic nitrogens is 4. The summed E-state index contributed by atoms with van der Waals surface area (Å²) in [6.07, 6.45) is 3.51. The number of methoxy groups -OCH3 is 1. The third-order valence-electron chi connectivity index (χ3n) is 4.58. The first kappa shape index (κ1) is 15.4. The first-order valence-electron chi connectivity index (χ1n) is 8.13. The number of amides is 1. The Kier molecular flexibility index (Phi) is 3.76. The molecule has 3 heterocycles. The van der Waals surface area contributed by atoms with Gasteiger partial charge in [0.15, 0.2) is 0 Å². The molecule has 4 rings (SSSR count). The van der Waals surface area contributed by atoms with E-state index >= 15 is 0 Å². The van der Waals surface area contributed by atoms with Gasteiger partial charge in [0.2, 0.25) is 0 Å². The fraction of sp³-hybridized carbons (Fsp3) is 0.278. The third-order valence-corrected chi connectivity index (χ3v) is 4.58. The lowest BCUT2D eigenvalue weighted by molar-refractivity contribution is 0.0697. The second kappa shape index (κ2) is 6.08. The topological polar surface area (TPSA) is 65.2 Å². The smallest absolute Gasteiger partial charge is 0.272 e. The summed E-state index contributed by atoms with van der Waals surface area (Å²) in [6.45, 7) is 1.87. The number of rotatable bonds is 3. The molecule has 2 aromatic heterocycles. The van der Waals surface area contributed by atoms with Crippen LogP contribution in [0.1, 0.15) is 16.3 Å². The molecule has 1 aliphatic heterocycles. The fourth-order valence-corrected chi connectivity index (χ4v) is 3.17. The van der Waals surface area contributed by atoms with E-state index < -0.39 is 0 Å². The van der Waals surface area contributed by atoms with Crippen molar-refractivity contribution >= 4 is 5.91 Å². The molecule has 0 unspecified atom stereocenters. The number of carbonyl (C=O) groups is 1. The van der Waals surface area contributed by atoms with Crippen LogP contribution in [0.2, 0.25) is 0 Å². The highest BCUT2D eigenvalue weighted by atomic mass is 16.5. The van der Waals surface area contributed by atoms with Gasteiger partial charge in [-0.2, -0.15) is 5.10 Å². The van der Waals surface area contributed by atoms with Crippen molar-refractivity contribution in [1.82, 2.24) is 24.2 Å². The summed E-state index contributed by atoms with van der Waals surface area (Å²) in [4.78, 5) is 19.0. The van der Waals surface area contributed by atoms with Crippen LogP contribution in [0, 0.1) is 0 Å². The first-order valence-corrected chi connectivity index (χ1v) is 8.13. The van der Waals surface area contributed by atoms with E-state index in [-0.39, 0.29) is 5.91 Å². The van der Waals surface area contributed by atoms with Crippen molar-refractivity contribution in [3.63, 3.8) is 0 Å². The molecule has 7 heteroatoms. The van der Waals surface area contributed by atoms with Crippen LogP contribution in [0.3, 0.4) is 0 Å². The summed E-state index contributed by atoms with van der Waals surface area (Å²) >= 11 is 0. The molecular weight excluding hydrogens is 318 g/mol. The summed E-state index contributed by atoms with van der Waals surface area (Å²) in [5.74, 6) is 1.71. The Morgan fingerprint density at radius 2 is 1.96 bits per heavy atom. The number of hydrogen-bond donors (Lipinski definition) is 0. The fourth-order valence-electron chi connectivity index (χ4n) is 3.17. The standard InChI is InChI=1S/C18H19N5O2/c1-21-15(7-8-20-21)18(24)22-9-10-23-16(11-19-17(23)12-22)13-3-5-14(25-2)6-4-13/h3-8,11H,9-10,12H2,1-2H3. The molecule has 0 atom stereocenters. The highest BCUT2D eigenvalue weighted by molar-refractivity contribution is 5.92. The Bertz CT molecular complexity index is 910. The Labute approximate surface area is 145 Å². The van der Waals surface area contributed by atoms with Gasteiger partial charge in [-0.1, -0.05) is 0 Å². The molecule has 0 spiro atoms. The Morgan fingerprint density at radius 1 is 1.16 bits per heavy atom. The van der Waals surface area contributed by atoms with Gasteiger partial charge < -0.3 is 14.2 Å². The monoisotopic (exact) mass is 337 g/mol. The van der Waals surface area contributed by atoms with Gasteiger partial charge >= 0.3 is 0 Å². The lowest BCUT2D eigenvalue weighted by Crippen LogP contribution is -2.39. The number of imidazole rings is 1. The van der Waals surface area contributed by atoms with Crippen molar-refractivity contribution in [1.29, 1.82) is 0 Å². The van der Waals surface area contributed by atoms with E-state index in [0.717, 1.165) is 29.4 Å². The molecule has 0 saturated heterocycles. The highest BCUT2D eigenvalue weighted by Gasteiger charge is 2.26. The van der Waals surface area contributed by atoms with Crippen molar-refractivity contribution in [2.24, 2.45) is 7.05 Å². The molecule has 7 nitrogen and oxygen atoms in total. The SMILES string of the molecule is COc1ccc(-c2cnc3n2CCN(C(=O)c2ccnn2C)C3)cc1. The van der Waals surface area contributed by atoms with Gasteiger partial charge in [-0.25, -0.2) is 4.98 Å². The number of benzene rings is 1. The largest absolute Gasteiger partial charge is 0.497 e. The Morgan fingerprint density at radius 3 is 2.64 bits per heavy atom. The van der Waals surface area contributed by atoms with Gasteiger partial charge in [0.25, 0.3) is 5.91 Å². The van der Waals surface area contributed by atoms with Crippen LogP contribution in [0.4, 0.5) is 0 Å². The van der Waals surface area contributed by atoms with Gasteiger partial charge in [-0.05, 0) is 30.3 Å². The number of fused-ring (bicyclic) bond motifs is 1. The zero-order valence-electron chi connectivity index (χ0n) is 14.2. The summed E-state index contributed by atoms with van der Waals surface area (Å²) < 4.78 is 8.99. The van der Waals surface area contributed by atoms with E-state index in [1.54, 1.807) is 31.1 Å². The molecule has 1 aromatic carbocycles. The average molecular weight is 337 g/mol. The maximum Gasteiger partial charge on any atom is 0.272 e. The van der Waals surface area contributed by atoms with Crippen LogP contribution in [0.25, 0.3) is 11.3 Å². The van der Waals surface area contributed by atoms with E-state index in [2.05, 4.69) is 14.6 Å². The number of aryl methyl sites for hydroxylation is 1. The van der Waals surface area contributed by atoms with Crippen LogP contribution >= 0.6 is 0 Å². The molecule has 128 valence electrons. The van der Waals surface area contributed by atoms with E-state index in [1.165, 1.54) is 0 Å². The van der Waals surface area contributed by atoms with Crippen LogP contribution in [-0.2, 0) is 20.1 Å². The van der Waals surface area contributed by atoms with E-state index in [0.29, 0.717) is 18.8 Å². The van der Waals surface area contributed by atoms with E-state index in [4.69, 9.17) is 4.74 Å². The minimum Gasteiger partial charge on any atom is -0.497 e. The zero-order chi connectivity index (χ0) is 17.4. The first-order chi connectivity index (χ1) is 12.2. The second-order valence-electron chi connectivity index (χ2n) is 6.01. The summed E-state index contributed by atoms with van der Waals surface area (Å²) in [5.41, 5.74) is 2.74. The predicted molar refractivity (Wildman–Crippen MR) is 92.2 cm³/mol. The van der Waals surface area contributed by atoms with Crippen molar-refractivity contribution in [2.45, 2.75) is 13.1 Å². The average Bonchev–Trinajstić information content (AvgIpc) is 3.26. The number of ether oxygens (including phenoxy) is 1. The lowest BCUT2D eigenvalue weighted by atomic mass is 10.1. The van der Waals surface area contributed by atoms with Gasteiger partial charge in [0.05, 0.1) is 25.5 Å². The molecule has 1 aliphatic rings. The van der Waals surface area contributed by atoms with E-state index in [1.807, 2.05) is 35.4 Å². The predicted octanol–water partition coefficient (Wildman–Crippen LogP) is 1.95. The van der Waals surface area contributed by atoms with Gasteiger partial charge in [0.1, 0.15) is 17.3 Å². The maximum atomic E-state index is 12.7. The quantitative estimate of drug-likeness (QED) is 0.733. The number of carbonyl (C=O) groups excluding carboxylic acids is 1. The normalized spacial score (nSPS) is 13.6. The second-order valence-corrected chi connectivity index (χ2v) is 6.01. The summed E-state index contributed by atoms with van der Waals surface area (Å²) in [6, 6.07) is 9.67. The molecule has 0 N–H and O–H groups in total. The molecule has 0 saturated carbocycles. The molecule has 0 radical (unpaired) electrons. The Hall–Kier alpha value is -3.09. The third kappa shape index (κ3) is 2.67. The van der Waals surface area contributed by atoms with Crippen molar-refractivity contribution in [3.05, 3.63) is 54.2 Å². The Balaban J connectivity index is 1.58. The lowest BCUT2D eigenvalue weighted by Gasteiger charge is -2.28. The highest BCUT2D eigenvalue weighted by Crippen LogP contribution is 2.26. The van der Waals surface area contributed by atoms with Crippen LogP contribution in [0.5, 0.6) is 5.75 Å². The minimum absolute atomic E-state index is 0.0137. The number of nitrogens with zero attached hydrogens (tertiary/aromatic N) is 5. The number of hydrogen-bond acceptors (Lipinski definition) is 4. The summed E-state index contributed by atoms with van der Waals surface area (Å²) in [5, 5.41) is 4.07. The molecule has 25 heavy (non-hydrogen) atoms. The molecule has 0 aliphatic carbocycles. The van der Waals surface area contributed by atoms with Gasteiger partial charge in [-0.15, -0.1) is 0 Å². The molecule has 1 amide bonds. The maximum absolute atomic E-state index is 12.7. The molecule has 0 bridgehead atoms. The van der Waals surface area contributed by atoms with Gasteiger partial charge in [-0.3, -0.25) is 9.48 Å². The van der Waals surface area contributed by atoms with Crippen LogP contribution < -0.4 is 4.74 Å². The zero-order valence-corrected chi connectivity index (χ0v) is 14.2.